The Bertz CT molecular complexity index is 488. The smallest absolute Gasteiger partial charge is 0.236 e. The second kappa shape index (κ2) is 9.50. The van der Waals surface area contributed by atoms with Gasteiger partial charge < -0.3 is 19.7 Å². The van der Waals surface area contributed by atoms with Crippen molar-refractivity contribution in [1.82, 2.24) is 15.1 Å². The van der Waals surface area contributed by atoms with Crippen molar-refractivity contribution < 1.29 is 14.3 Å². The van der Waals surface area contributed by atoms with E-state index in [9.17, 15) is 4.79 Å². The van der Waals surface area contributed by atoms with Gasteiger partial charge in [-0.15, -0.1) is 0 Å². The second-order valence-electron chi connectivity index (χ2n) is 5.64. The Morgan fingerprint density at radius 2 is 1.91 bits per heavy atom. The summed E-state index contributed by atoms with van der Waals surface area (Å²) in [6.07, 6.45) is 0. The molecule has 0 unspecified atom stereocenters. The summed E-state index contributed by atoms with van der Waals surface area (Å²) in [6, 6.07) is 8.09. The van der Waals surface area contributed by atoms with E-state index in [1.165, 1.54) is 5.56 Å². The Morgan fingerprint density at radius 1 is 1.17 bits per heavy atom. The number of ether oxygens (including phenoxy) is 2. The third-order valence-corrected chi connectivity index (χ3v) is 4.07. The van der Waals surface area contributed by atoms with Crippen molar-refractivity contribution in [2.24, 2.45) is 0 Å². The molecule has 6 heteroatoms. The third kappa shape index (κ3) is 5.49. The molecule has 128 valence electrons. The van der Waals surface area contributed by atoms with Gasteiger partial charge in [0, 0.05) is 51.9 Å². The highest BCUT2D eigenvalue weighted by atomic mass is 16.5. The molecule has 1 aromatic rings. The van der Waals surface area contributed by atoms with Gasteiger partial charge in [-0.05, 0) is 6.07 Å². The molecular weight excluding hydrogens is 294 g/mol. The Hall–Kier alpha value is -1.63. The molecule has 0 aromatic heterocycles. The summed E-state index contributed by atoms with van der Waals surface area (Å²) in [5, 5.41) is 3.10. The molecule has 23 heavy (non-hydrogen) atoms. The number of piperazine rings is 1. The first-order chi connectivity index (χ1) is 11.2. The Morgan fingerprint density at radius 3 is 2.61 bits per heavy atom. The number of rotatable bonds is 8. The quantitative estimate of drug-likeness (QED) is 0.710. The van der Waals surface area contributed by atoms with Gasteiger partial charge in [0.05, 0.1) is 20.3 Å². The third-order valence-electron chi connectivity index (χ3n) is 4.07. The molecule has 0 saturated carbocycles. The van der Waals surface area contributed by atoms with Crippen LogP contribution in [-0.2, 0) is 16.1 Å². The number of hydrogen-bond donors (Lipinski definition) is 1. The van der Waals surface area contributed by atoms with Gasteiger partial charge >= 0.3 is 0 Å². The minimum atomic E-state index is 0.165. The Labute approximate surface area is 138 Å². The SMILES string of the molecule is COCCNCC(=O)N1CCN(Cc2ccccc2OC)CC1. The van der Waals surface area contributed by atoms with Gasteiger partial charge in [0.2, 0.25) is 5.91 Å². The molecule has 1 saturated heterocycles. The van der Waals surface area contributed by atoms with Crippen LogP contribution in [0.2, 0.25) is 0 Å². The summed E-state index contributed by atoms with van der Waals surface area (Å²) >= 11 is 0. The summed E-state index contributed by atoms with van der Waals surface area (Å²) in [5.74, 6) is 1.09. The van der Waals surface area contributed by atoms with Crippen LogP contribution in [0.1, 0.15) is 5.56 Å². The van der Waals surface area contributed by atoms with Crippen LogP contribution in [0.15, 0.2) is 24.3 Å². The monoisotopic (exact) mass is 321 g/mol. The van der Waals surface area contributed by atoms with Gasteiger partial charge in [-0.1, -0.05) is 18.2 Å². The van der Waals surface area contributed by atoms with Crippen molar-refractivity contribution in [2.75, 3.05) is 60.1 Å². The van der Waals surface area contributed by atoms with Crippen molar-refractivity contribution in [2.45, 2.75) is 6.54 Å². The van der Waals surface area contributed by atoms with Crippen molar-refractivity contribution >= 4 is 5.91 Å². The second-order valence-corrected chi connectivity index (χ2v) is 5.64. The average Bonchev–Trinajstić information content (AvgIpc) is 2.59. The van der Waals surface area contributed by atoms with Gasteiger partial charge in [-0.25, -0.2) is 0 Å². The molecule has 0 bridgehead atoms. The first kappa shape index (κ1) is 17.7. The highest BCUT2D eigenvalue weighted by Gasteiger charge is 2.21. The summed E-state index contributed by atoms with van der Waals surface area (Å²) < 4.78 is 10.4. The molecule has 1 aliphatic heterocycles. The summed E-state index contributed by atoms with van der Waals surface area (Å²) in [7, 11) is 3.36. The minimum Gasteiger partial charge on any atom is -0.496 e. The van der Waals surface area contributed by atoms with E-state index in [4.69, 9.17) is 9.47 Å². The maximum Gasteiger partial charge on any atom is 0.236 e. The van der Waals surface area contributed by atoms with Crippen molar-refractivity contribution in [3.63, 3.8) is 0 Å². The zero-order valence-electron chi connectivity index (χ0n) is 14.1. The highest BCUT2D eigenvalue weighted by Crippen LogP contribution is 2.19. The first-order valence-electron chi connectivity index (χ1n) is 8.06. The van der Waals surface area contributed by atoms with E-state index in [1.54, 1.807) is 14.2 Å². The van der Waals surface area contributed by atoms with Crippen molar-refractivity contribution in [3.05, 3.63) is 29.8 Å². The standard InChI is InChI=1S/C17H27N3O3/c1-22-12-7-18-13-17(21)20-10-8-19(9-11-20)14-15-5-3-4-6-16(15)23-2/h3-6,18H,7-14H2,1-2H3. The fraction of sp³-hybridized carbons (Fsp3) is 0.588. The number of amides is 1. The maximum atomic E-state index is 12.1. The lowest BCUT2D eigenvalue weighted by Crippen LogP contribution is -2.50. The van der Waals surface area contributed by atoms with Crippen LogP contribution >= 0.6 is 0 Å². The van der Waals surface area contributed by atoms with Gasteiger partial charge in [-0.2, -0.15) is 0 Å². The number of nitrogens with zero attached hydrogens (tertiary/aromatic N) is 2. The molecule has 0 spiro atoms. The largest absolute Gasteiger partial charge is 0.496 e. The molecule has 1 heterocycles. The Balaban J connectivity index is 1.74. The number of nitrogens with one attached hydrogen (secondary N) is 1. The summed E-state index contributed by atoms with van der Waals surface area (Å²) in [4.78, 5) is 16.4. The molecule has 0 atom stereocenters. The van der Waals surface area contributed by atoms with Crippen LogP contribution in [0.4, 0.5) is 0 Å². The lowest BCUT2D eigenvalue weighted by Gasteiger charge is -2.35. The van der Waals surface area contributed by atoms with Crippen molar-refractivity contribution in [1.29, 1.82) is 0 Å². The normalized spacial score (nSPS) is 15.7. The summed E-state index contributed by atoms with van der Waals surface area (Å²) in [6.45, 7) is 5.91. The fourth-order valence-corrected chi connectivity index (χ4v) is 2.71. The molecule has 1 aromatic carbocycles. The topological polar surface area (TPSA) is 54.0 Å². The molecule has 1 aliphatic rings. The lowest BCUT2D eigenvalue weighted by atomic mass is 10.1. The number of para-hydroxylation sites is 1. The van der Waals surface area contributed by atoms with E-state index in [0.29, 0.717) is 19.7 Å². The average molecular weight is 321 g/mol. The van der Waals surface area contributed by atoms with Crippen LogP contribution in [0.3, 0.4) is 0 Å². The summed E-state index contributed by atoms with van der Waals surface area (Å²) in [5.41, 5.74) is 1.19. The zero-order chi connectivity index (χ0) is 16.5. The molecule has 1 N–H and O–H groups in total. The molecule has 2 rings (SSSR count). The lowest BCUT2D eigenvalue weighted by molar-refractivity contribution is -0.132. The zero-order valence-corrected chi connectivity index (χ0v) is 14.1. The van der Waals surface area contributed by atoms with Gasteiger partial charge in [0.1, 0.15) is 5.75 Å². The molecule has 1 fully saturated rings. The van der Waals surface area contributed by atoms with Gasteiger partial charge in [0.25, 0.3) is 0 Å². The minimum absolute atomic E-state index is 0.165. The number of carbonyl (C=O) groups is 1. The van der Waals surface area contributed by atoms with Crippen LogP contribution in [0.25, 0.3) is 0 Å². The van der Waals surface area contributed by atoms with E-state index in [2.05, 4.69) is 16.3 Å². The fourth-order valence-electron chi connectivity index (χ4n) is 2.71. The maximum absolute atomic E-state index is 12.1. The van der Waals surface area contributed by atoms with E-state index < -0.39 is 0 Å². The molecular formula is C17H27N3O3. The molecule has 6 nitrogen and oxygen atoms in total. The molecule has 0 radical (unpaired) electrons. The van der Waals surface area contributed by atoms with E-state index in [1.807, 2.05) is 23.1 Å². The van der Waals surface area contributed by atoms with E-state index >= 15 is 0 Å². The van der Waals surface area contributed by atoms with Crippen molar-refractivity contribution in [3.8, 4) is 5.75 Å². The number of benzene rings is 1. The van der Waals surface area contributed by atoms with Crippen LogP contribution in [-0.4, -0.2) is 75.8 Å². The predicted molar refractivity (Wildman–Crippen MR) is 89.6 cm³/mol. The number of hydrogen-bond acceptors (Lipinski definition) is 5. The first-order valence-corrected chi connectivity index (χ1v) is 8.06. The van der Waals surface area contributed by atoms with Crippen LogP contribution < -0.4 is 10.1 Å². The van der Waals surface area contributed by atoms with Crippen LogP contribution in [0.5, 0.6) is 5.75 Å². The highest BCUT2D eigenvalue weighted by molar-refractivity contribution is 5.78. The van der Waals surface area contributed by atoms with E-state index in [-0.39, 0.29) is 5.91 Å². The van der Waals surface area contributed by atoms with Gasteiger partial charge in [0.15, 0.2) is 0 Å². The number of carbonyl (C=O) groups excluding carboxylic acids is 1. The molecule has 0 aliphatic carbocycles. The van der Waals surface area contributed by atoms with Gasteiger partial charge in [-0.3, -0.25) is 9.69 Å². The Kier molecular flexibility index (Phi) is 7.32. The molecule has 1 amide bonds. The number of methoxy groups -OCH3 is 2. The predicted octanol–water partition coefficient (Wildman–Crippen LogP) is 0.575. The van der Waals surface area contributed by atoms with Crippen LogP contribution in [0, 0.1) is 0 Å². The van der Waals surface area contributed by atoms with E-state index in [0.717, 1.165) is 38.5 Å².